The van der Waals surface area contributed by atoms with Crippen LogP contribution in [0.15, 0.2) is 72.9 Å². The van der Waals surface area contributed by atoms with Crippen LogP contribution in [0.5, 0.6) is 0 Å². The first-order chi connectivity index (χ1) is 38.1. The van der Waals surface area contributed by atoms with Crippen molar-refractivity contribution in [1.29, 1.82) is 0 Å². The zero-order valence-corrected chi connectivity index (χ0v) is 52.7. The van der Waals surface area contributed by atoms with Crippen molar-refractivity contribution in [2.24, 2.45) is 0 Å². The average molecular weight is 1120 g/mol. The normalized spacial score (nSPS) is 13.2. The zero-order valence-electron chi connectivity index (χ0n) is 51.9. The van der Waals surface area contributed by atoms with Crippen LogP contribution in [0.4, 0.5) is 0 Å². The van der Waals surface area contributed by atoms with Crippen molar-refractivity contribution >= 4 is 0 Å². The first-order valence-electron chi connectivity index (χ1n) is 33.1. The van der Waals surface area contributed by atoms with Crippen LogP contribution in [0.1, 0.15) is 290 Å². The van der Waals surface area contributed by atoms with Gasteiger partial charge in [0.1, 0.15) is 13.6 Å². The number of halogens is 1. The summed E-state index contributed by atoms with van der Waals surface area (Å²) in [7, 11) is 2.18. The lowest BCUT2D eigenvalue weighted by molar-refractivity contribution is -0.900. The fourth-order valence-corrected chi connectivity index (χ4v) is 9.22. The molecule has 0 aromatic heterocycles. The molecule has 0 rings (SSSR count). The molecule has 2 atom stereocenters. The van der Waals surface area contributed by atoms with E-state index in [-0.39, 0.29) is 18.5 Å². The molecular weight excluding hydrogens is 990 g/mol. The molecule has 0 radical (unpaired) electrons. The summed E-state index contributed by atoms with van der Waals surface area (Å²) in [6.07, 6.45) is 77.1. The number of quaternary nitrogens is 1. The highest BCUT2D eigenvalue weighted by atomic mass is 35.5. The first kappa shape index (κ1) is 78.5. The second kappa shape index (κ2) is 71.5. The molecule has 0 heterocycles. The van der Waals surface area contributed by atoms with Gasteiger partial charge in [-0.05, 0) is 141 Å². The smallest absolute Gasteiger partial charge is 0.181 e. The number of hydrogen-bond acceptors (Lipinski definition) is 7. The molecule has 0 aromatic rings. The highest BCUT2D eigenvalue weighted by Crippen LogP contribution is 2.16. The minimum atomic E-state index is -0.774. The Kier molecular flexibility index (Phi) is 72.0. The Labute approximate surface area is 491 Å². The first-order valence-corrected chi connectivity index (χ1v) is 33.1. The summed E-state index contributed by atoms with van der Waals surface area (Å²) in [5.74, 6) is 0. The van der Waals surface area contributed by atoms with Gasteiger partial charge in [0.15, 0.2) is 13.0 Å². The summed E-state index contributed by atoms with van der Waals surface area (Å²) in [6, 6.07) is 0. The van der Waals surface area contributed by atoms with Gasteiger partial charge >= 0.3 is 0 Å². The molecule has 2 N–H and O–H groups in total. The van der Waals surface area contributed by atoms with E-state index in [2.05, 4.69) is 101 Å². The molecule has 0 aliphatic carbocycles. The molecule has 8 nitrogen and oxygen atoms in total. The monoisotopic (exact) mass is 1120 g/mol. The molecule has 0 spiro atoms. The standard InChI is InChI=1S/C69H129NO7.ClH/c1-5-8-11-14-17-20-23-26-29-32-35-38-41-44-47-50-60-72-65-70(4)59-53-58-69(71)77-68(56-54-63-75-66-73-61-51-48-45-42-39-36-33-30-27-24-21-18-15-12-9-6-2)57-55-64-76-67-74-62-52-49-46-43-40-37-34-31-28-25-22-19-16-13-10-7-3;/h17-22,26-31,68-69,71H,5-16,23-25,32-67H2,1-4H3;1H/b20-17-,21-18-,22-19-,29-26-,30-27-,31-28-;. The predicted molar refractivity (Wildman–Crippen MR) is 333 cm³/mol. The Morgan fingerprint density at radius 1 is 0.333 bits per heavy atom. The summed E-state index contributed by atoms with van der Waals surface area (Å²) in [5.41, 5.74) is 0. The van der Waals surface area contributed by atoms with E-state index in [1.54, 1.807) is 0 Å². The summed E-state index contributed by atoms with van der Waals surface area (Å²) in [6.45, 7) is 12.7. The molecule has 0 amide bonds. The van der Waals surface area contributed by atoms with E-state index >= 15 is 0 Å². The number of allylic oxidation sites excluding steroid dienone is 12. The van der Waals surface area contributed by atoms with Crippen LogP contribution >= 0.6 is 0 Å². The highest BCUT2D eigenvalue weighted by molar-refractivity contribution is 4.94. The Morgan fingerprint density at radius 2 is 0.628 bits per heavy atom. The van der Waals surface area contributed by atoms with E-state index in [0.29, 0.717) is 40.0 Å². The number of rotatable bonds is 65. The lowest BCUT2D eigenvalue weighted by Crippen LogP contribution is -3.09. The van der Waals surface area contributed by atoms with Gasteiger partial charge in [-0.3, -0.25) is 0 Å². The van der Waals surface area contributed by atoms with Gasteiger partial charge in [-0.2, -0.15) is 0 Å². The van der Waals surface area contributed by atoms with Crippen molar-refractivity contribution in [2.45, 2.75) is 303 Å². The average Bonchev–Trinajstić information content (AvgIpc) is 3.43. The summed E-state index contributed by atoms with van der Waals surface area (Å²) in [4.78, 5) is 1.34. The Hall–Kier alpha value is -1.59. The molecule has 0 fully saturated rings. The maximum Gasteiger partial charge on any atom is 0.181 e. The van der Waals surface area contributed by atoms with Gasteiger partial charge < -0.3 is 50.8 Å². The van der Waals surface area contributed by atoms with Crippen molar-refractivity contribution in [1.82, 2.24) is 0 Å². The fourth-order valence-electron chi connectivity index (χ4n) is 9.22. The van der Waals surface area contributed by atoms with E-state index in [1.165, 1.54) is 198 Å². The van der Waals surface area contributed by atoms with E-state index in [4.69, 9.17) is 28.4 Å². The quantitative estimate of drug-likeness (QED) is 0.0357. The minimum absolute atomic E-state index is 0. The molecule has 0 saturated heterocycles. The molecule has 0 aliphatic rings. The van der Waals surface area contributed by atoms with Crippen molar-refractivity contribution in [2.75, 3.05) is 66.9 Å². The van der Waals surface area contributed by atoms with Gasteiger partial charge in [-0.1, -0.05) is 209 Å². The van der Waals surface area contributed by atoms with Crippen LogP contribution in [0, 0.1) is 0 Å². The maximum atomic E-state index is 10.9. The molecule has 0 aliphatic heterocycles. The number of aliphatic hydroxyl groups excluding tert-OH is 1. The molecule has 9 heteroatoms. The van der Waals surface area contributed by atoms with Crippen molar-refractivity contribution in [3.8, 4) is 0 Å². The summed E-state index contributed by atoms with van der Waals surface area (Å²) < 4.78 is 35.5. The molecular formula is C69H130ClNO7. The third-order valence-electron chi connectivity index (χ3n) is 14.2. The molecule has 0 bridgehead atoms. The van der Waals surface area contributed by atoms with Gasteiger partial charge in [-0.15, -0.1) is 0 Å². The Balaban J connectivity index is 0. The van der Waals surface area contributed by atoms with Gasteiger partial charge in [0.2, 0.25) is 0 Å². The molecule has 0 aromatic carbocycles. The van der Waals surface area contributed by atoms with Crippen molar-refractivity contribution < 1.29 is 50.8 Å². The van der Waals surface area contributed by atoms with E-state index in [9.17, 15) is 5.11 Å². The second-order valence-corrected chi connectivity index (χ2v) is 22.0. The summed E-state index contributed by atoms with van der Waals surface area (Å²) in [5, 5.41) is 10.9. The van der Waals surface area contributed by atoms with Crippen LogP contribution in [0.25, 0.3) is 0 Å². The maximum absolute atomic E-state index is 10.9. The van der Waals surface area contributed by atoms with Gasteiger partial charge in [0.25, 0.3) is 0 Å². The molecule has 0 saturated carbocycles. The number of ether oxygens (including phenoxy) is 6. The minimum Gasteiger partial charge on any atom is -1.00 e. The predicted octanol–water partition coefficient (Wildman–Crippen LogP) is 15.9. The Morgan fingerprint density at radius 3 is 0.974 bits per heavy atom. The largest absolute Gasteiger partial charge is 1.00 e. The number of hydrogen-bond donors (Lipinski definition) is 2. The van der Waals surface area contributed by atoms with Gasteiger partial charge in [0.05, 0.1) is 26.3 Å². The number of unbranched alkanes of at least 4 members (excludes halogenated alkanes) is 27. The van der Waals surface area contributed by atoms with E-state index in [1.807, 2.05) is 0 Å². The molecule has 78 heavy (non-hydrogen) atoms. The van der Waals surface area contributed by atoms with Gasteiger partial charge in [0, 0.05) is 39.3 Å². The third-order valence-corrected chi connectivity index (χ3v) is 14.2. The topological polar surface area (TPSA) is 80.1 Å². The molecule has 460 valence electrons. The van der Waals surface area contributed by atoms with E-state index in [0.717, 1.165) is 97.0 Å². The SMILES string of the molecule is CCCCC/C=C\C/C=C\CCCCCCCCOCOCCCC(CCCOCOCCCCCCCC/C=C\C/C=C\CCCCC)OC(O)CCC[NH+](C)COCCCCCCCC/C=C\C/C=C\CCCCC.[Cl-]. The fraction of sp³-hybridized carbons (Fsp3) is 0.826. The number of nitrogens with one attached hydrogen (secondary N) is 1. The summed E-state index contributed by atoms with van der Waals surface area (Å²) >= 11 is 0. The second-order valence-electron chi connectivity index (χ2n) is 22.0. The van der Waals surface area contributed by atoms with Gasteiger partial charge in [-0.25, -0.2) is 0 Å². The lowest BCUT2D eigenvalue weighted by atomic mass is 10.1. The van der Waals surface area contributed by atoms with Crippen LogP contribution < -0.4 is 17.3 Å². The number of aliphatic hydroxyl groups is 1. The zero-order chi connectivity index (χ0) is 55.5. The van der Waals surface area contributed by atoms with Crippen LogP contribution in [-0.2, 0) is 28.4 Å². The molecule has 2 unspecified atom stereocenters. The van der Waals surface area contributed by atoms with Crippen molar-refractivity contribution in [3.63, 3.8) is 0 Å². The third kappa shape index (κ3) is 68.7. The van der Waals surface area contributed by atoms with Crippen molar-refractivity contribution in [3.05, 3.63) is 72.9 Å². The van der Waals surface area contributed by atoms with Crippen LogP contribution in [0.3, 0.4) is 0 Å². The Bertz CT molecular complexity index is 1230. The highest BCUT2D eigenvalue weighted by Gasteiger charge is 2.16. The van der Waals surface area contributed by atoms with E-state index < -0.39 is 6.29 Å². The lowest BCUT2D eigenvalue weighted by Gasteiger charge is -2.22. The van der Waals surface area contributed by atoms with Crippen LogP contribution in [-0.4, -0.2) is 84.4 Å². The van der Waals surface area contributed by atoms with Crippen LogP contribution in [0.2, 0.25) is 0 Å².